The van der Waals surface area contributed by atoms with Gasteiger partial charge in [-0.15, -0.1) is 0 Å². The van der Waals surface area contributed by atoms with Gasteiger partial charge in [0.1, 0.15) is 17.5 Å². The highest BCUT2D eigenvalue weighted by atomic mass is 16.3. The van der Waals surface area contributed by atoms with E-state index in [9.17, 15) is 14.7 Å². The SMILES string of the molecule is CCN(C)C(=O)C(C)NC(=O)c1ccc(O)cc1O. The maximum Gasteiger partial charge on any atom is 0.255 e. The molecule has 0 spiro atoms. The lowest BCUT2D eigenvalue weighted by molar-refractivity contribution is -0.131. The number of hydrogen-bond acceptors (Lipinski definition) is 4. The molecule has 0 heterocycles. The van der Waals surface area contributed by atoms with Gasteiger partial charge in [0.05, 0.1) is 5.56 Å². The largest absolute Gasteiger partial charge is 0.508 e. The van der Waals surface area contributed by atoms with Crippen molar-refractivity contribution in [3.05, 3.63) is 23.8 Å². The third-order valence-electron chi connectivity index (χ3n) is 2.79. The molecule has 1 unspecified atom stereocenters. The second kappa shape index (κ2) is 6.08. The van der Waals surface area contributed by atoms with Gasteiger partial charge in [0, 0.05) is 19.7 Å². The van der Waals surface area contributed by atoms with Crippen LogP contribution in [0.25, 0.3) is 0 Å². The van der Waals surface area contributed by atoms with Gasteiger partial charge in [-0.2, -0.15) is 0 Å². The molecule has 1 atom stereocenters. The molecule has 6 nitrogen and oxygen atoms in total. The number of benzene rings is 1. The second-order valence-electron chi connectivity index (χ2n) is 4.25. The van der Waals surface area contributed by atoms with Crippen LogP contribution in [0.4, 0.5) is 0 Å². The molecule has 0 saturated heterocycles. The lowest BCUT2D eigenvalue weighted by atomic mass is 10.1. The molecule has 3 N–H and O–H groups in total. The normalized spacial score (nSPS) is 11.7. The summed E-state index contributed by atoms with van der Waals surface area (Å²) in [5.74, 6) is -1.25. The van der Waals surface area contributed by atoms with Gasteiger partial charge >= 0.3 is 0 Å². The molecular weight excluding hydrogens is 248 g/mol. The van der Waals surface area contributed by atoms with Crippen molar-refractivity contribution < 1.29 is 19.8 Å². The molecule has 0 saturated carbocycles. The van der Waals surface area contributed by atoms with Gasteiger partial charge < -0.3 is 20.4 Å². The van der Waals surface area contributed by atoms with Crippen LogP contribution in [0.2, 0.25) is 0 Å². The third-order valence-corrected chi connectivity index (χ3v) is 2.79. The molecule has 0 fully saturated rings. The summed E-state index contributed by atoms with van der Waals surface area (Å²) in [5.41, 5.74) is 0.0107. The second-order valence-corrected chi connectivity index (χ2v) is 4.25. The Kier molecular flexibility index (Phi) is 4.74. The van der Waals surface area contributed by atoms with E-state index in [1.807, 2.05) is 6.92 Å². The zero-order chi connectivity index (χ0) is 14.6. The van der Waals surface area contributed by atoms with Crippen molar-refractivity contribution in [3.63, 3.8) is 0 Å². The van der Waals surface area contributed by atoms with Crippen LogP contribution in [0.3, 0.4) is 0 Å². The molecule has 6 heteroatoms. The van der Waals surface area contributed by atoms with E-state index in [0.29, 0.717) is 6.54 Å². The van der Waals surface area contributed by atoms with Crippen molar-refractivity contribution >= 4 is 11.8 Å². The van der Waals surface area contributed by atoms with Gasteiger partial charge in [-0.25, -0.2) is 0 Å². The van der Waals surface area contributed by atoms with Crippen LogP contribution in [0.1, 0.15) is 24.2 Å². The summed E-state index contributed by atoms with van der Waals surface area (Å²) in [4.78, 5) is 25.2. The molecule has 104 valence electrons. The summed E-state index contributed by atoms with van der Waals surface area (Å²) in [6, 6.07) is 2.96. The van der Waals surface area contributed by atoms with Crippen molar-refractivity contribution in [2.45, 2.75) is 19.9 Å². The smallest absolute Gasteiger partial charge is 0.255 e. The van der Waals surface area contributed by atoms with Crippen LogP contribution in [0, 0.1) is 0 Å². The van der Waals surface area contributed by atoms with Crippen molar-refractivity contribution in [1.82, 2.24) is 10.2 Å². The van der Waals surface area contributed by atoms with E-state index in [-0.39, 0.29) is 23.0 Å². The monoisotopic (exact) mass is 266 g/mol. The van der Waals surface area contributed by atoms with Crippen LogP contribution >= 0.6 is 0 Å². The topological polar surface area (TPSA) is 89.9 Å². The zero-order valence-electron chi connectivity index (χ0n) is 11.2. The quantitative estimate of drug-likeness (QED) is 0.748. The molecular formula is C13H18N2O4. The summed E-state index contributed by atoms with van der Waals surface area (Å²) in [6.07, 6.45) is 0. The van der Waals surface area contributed by atoms with Crippen molar-refractivity contribution in [3.8, 4) is 11.5 Å². The Morgan fingerprint density at radius 1 is 1.37 bits per heavy atom. The maximum absolute atomic E-state index is 11.9. The van der Waals surface area contributed by atoms with Crippen LogP contribution < -0.4 is 5.32 Å². The number of nitrogens with zero attached hydrogens (tertiary/aromatic N) is 1. The maximum atomic E-state index is 11.9. The molecule has 1 aromatic rings. The number of carbonyl (C=O) groups excluding carboxylic acids is 2. The van der Waals surface area contributed by atoms with Gasteiger partial charge in [-0.05, 0) is 26.0 Å². The Hall–Kier alpha value is -2.24. The summed E-state index contributed by atoms with van der Waals surface area (Å²) < 4.78 is 0. The summed E-state index contributed by atoms with van der Waals surface area (Å²) in [5, 5.41) is 21.2. The lowest BCUT2D eigenvalue weighted by Crippen LogP contribution is -2.45. The first-order chi connectivity index (χ1) is 8.86. The fourth-order valence-electron chi connectivity index (χ4n) is 1.53. The van der Waals surface area contributed by atoms with Crippen LogP contribution in [0.5, 0.6) is 11.5 Å². The lowest BCUT2D eigenvalue weighted by Gasteiger charge is -2.20. The van der Waals surface area contributed by atoms with Crippen LogP contribution in [-0.4, -0.2) is 46.6 Å². The van der Waals surface area contributed by atoms with Gasteiger partial charge in [-0.1, -0.05) is 0 Å². The Bertz CT molecular complexity index is 488. The van der Waals surface area contributed by atoms with Crippen LogP contribution in [0.15, 0.2) is 18.2 Å². The molecule has 0 bridgehead atoms. The summed E-state index contributed by atoms with van der Waals surface area (Å²) in [7, 11) is 1.64. The zero-order valence-corrected chi connectivity index (χ0v) is 11.2. The predicted octanol–water partition coefficient (Wildman–Crippen LogP) is 0.694. The molecule has 0 aliphatic rings. The highest BCUT2D eigenvalue weighted by molar-refractivity contribution is 5.99. The molecule has 19 heavy (non-hydrogen) atoms. The molecule has 0 radical (unpaired) electrons. The fourth-order valence-corrected chi connectivity index (χ4v) is 1.53. The third kappa shape index (κ3) is 3.61. The van der Waals surface area contributed by atoms with E-state index in [1.165, 1.54) is 17.0 Å². The van der Waals surface area contributed by atoms with E-state index in [4.69, 9.17) is 5.11 Å². The van der Waals surface area contributed by atoms with Crippen molar-refractivity contribution in [2.24, 2.45) is 0 Å². The number of carbonyl (C=O) groups is 2. The number of phenols is 2. The first-order valence-corrected chi connectivity index (χ1v) is 5.94. The Balaban J connectivity index is 2.77. The van der Waals surface area contributed by atoms with E-state index in [0.717, 1.165) is 6.07 Å². The fraction of sp³-hybridized carbons (Fsp3) is 0.385. The minimum Gasteiger partial charge on any atom is -0.508 e. The Morgan fingerprint density at radius 2 is 2.00 bits per heavy atom. The number of phenolic OH excluding ortho intramolecular Hbond substituents is 2. The highest BCUT2D eigenvalue weighted by Gasteiger charge is 2.20. The number of rotatable bonds is 4. The first-order valence-electron chi connectivity index (χ1n) is 5.94. The standard InChI is InChI=1S/C13H18N2O4/c1-4-15(3)13(19)8(2)14-12(18)10-6-5-9(16)7-11(10)17/h5-8,16-17H,4H2,1-3H3,(H,14,18). The number of amides is 2. The minimum absolute atomic E-state index is 0.0107. The van der Waals surface area contributed by atoms with Crippen molar-refractivity contribution in [2.75, 3.05) is 13.6 Å². The molecule has 1 rings (SSSR count). The first kappa shape index (κ1) is 14.8. The number of likely N-dealkylation sites (N-methyl/N-ethyl adjacent to an activating group) is 1. The summed E-state index contributed by atoms with van der Waals surface area (Å²) in [6.45, 7) is 3.95. The van der Waals surface area contributed by atoms with E-state index < -0.39 is 11.9 Å². The van der Waals surface area contributed by atoms with Crippen molar-refractivity contribution in [1.29, 1.82) is 0 Å². The van der Waals surface area contributed by atoms with Gasteiger partial charge in [-0.3, -0.25) is 9.59 Å². The molecule has 1 aromatic carbocycles. The summed E-state index contributed by atoms with van der Waals surface area (Å²) >= 11 is 0. The number of nitrogens with one attached hydrogen (secondary N) is 1. The average molecular weight is 266 g/mol. The van der Waals surface area contributed by atoms with Gasteiger partial charge in [0.25, 0.3) is 5.91 Å². The van der Waals surface area contributed by atoms with Crippen LogP contribution in [-0.2, 0) is 4.79 Å². The molecule has 0 aromatic heterocycles. The van der Waals surface area contributed by atoms with Gasteiger partial charge in [0.2, 0.25) is 5.91 Å². The average Bonchev–Trinajstić information content (AvgIpc) is 2.36. The highest BCUT2D eigenvalue weighted by Crippen LogP contribution is 2.22. The Labute approximate surface area is 111 Å². The van der Waals surface area contributed by atoms with Gasteiger partial charge in [0.15, 0.2) is 0 Å². The molecule has 0 aliphatic heterocycles. The Morgan fingerprint density at radius 3 is 2.53 bits per heavy atom. The molecule has 0 aliphatic carbocycles. The van der Waals surface area contributed by atoms with E-state index in [1.54, 1.807) is 14.0 Å². The number of hydrogen-bond donors (Lipinski definition) is 3. The predicted molar refractivity (Wildman–Crippen MR) is 70.0 cm³/mol. The minimum atomic E-state index is -0.689. The number of aromatic hydroxyl groups is 2. The molecule has 2 amide bonds. The van der Waals surface area contributed by atoms with E-state index >= 15 is 0 Å². The van der Waals surface area contributed by atoms with E-state index in [2.05, 4.69) is 5.32 Å².